The number of hydrogen-bond donors (Lipinski definition) is 4. The number of anilines is 2. The van der Waals surface area contributed by atoms with E-state index < -0.39 is 33.9 Å². The van der Waals surface area contributed by atoms with Crippen molar-refractivity contribution in [2.45, 2.75) is 32.0 Å². The summed E-state index contributed by atoms with van der Waals surface area (Å²) in [6, 6.07) is 21.4. The Balaban J connectivity index is 1.52. The lowest BCUT2D eigenvalue weighted by molar-refractivity contribution is -0.117. The zero-order valence-electron chi connectivity index (χ0n) is 25.6. The number of nitrogens with one attached hydrogen (secondary N) is 4. The molecular formula is C33H36ClN5O5S2. The third-order valence-electron chi connectivity index (χ3n) is 7.15. The van der Waals surface area contributed by atoms with Crippen LogP contribution in [-0.2, 0) is 27.8 Å². The summed E-state index contributed by atoms with van der Waals surface area (Å²) in [5.74, 6) is -1.23. The van der Waals surface area contributed by atoms with Crippen LogP contribution >= 0.6 is 22.9 Å². The molecule has 13 heteroatoms. The quantitative estimate of drug-likeness (QED) is 0.153. The van der Waals surface area contributed by atoms with Crippen LogP contribution in [0.25, 0.3) is 0 Å². The molecule has 3 amide bonds. The molecular weight excluding hydrogens is 646 g/mol. The highest BCUT2D eigenvalue weighted by Crippen LogP contribution is 2.22. The molecule has 0 spiro atoms. The average Bonchev–Trinajstić information content (AvgIpc) is 3.54. The van der Waals surface area contributed by atoms with E-state index in [1.54, 1.807) is 31.2 Å². The number of carbonyl (C=O) groups excluding carboxylic acids is 3. The zero-order chi connectivity index (χ0) is 33.3. The first kappa shape index (κ1) is 34.6. The van der Waals surface area contributed by atoms with E-state index in [0.717, 1.165) is 21.7 Å². The Hall–Kier alpha value is -4.23. The number of hydrogen-bond acceptors (Lipinski definition) is 7. The molecule has 1 aromatic heterocycles. The standard InChI is InChI=1S/C33H36ClN5O5S2/c1-22(31(40)37-28-11-7-10-27(34)18-28)35-20-29(14-24-12-13-45-21-24)38-33(42)26-15-25(16-30(17-26)39(2)46(3,43)44)32(41)36-19-23-8-5-4-6-9-23/h4-13,15-18,21-22,29,35H,14,19-20H2,1-3H3,(H,36,41)(H,37,40)(H,38,42)/t22-,29-/m0/s1. The molecule has 0 saturated carbocycles. The van der Waals surface area contributed by atoms with Gasteiger partial charge in [0.25, 0.3) is 11.8 Å². The fourth-order valence-electron chi connectivity index (χ4n) is 4.49. The van der Waals surface area contributed by atoms with Crippen molar-refractivity contribution < 1.29 is 22.8 Å². The summed E-state index contributed by atoms with van der Waals surface area (Å²) >= 11 is 7.56. The van der Waals surface area contributed by atoms with Gasteiger partial charge in [-0.05, 0) is 77.7 Å². The highest BCUT2D eigenvalue weighted by Gasteiger charge is 2.22. The van der Waals surface area contributed by atoms with Crippen molar-refractivity contribution in [3.63, 3.8) is 0 Å². The molecule has 2 atom stereocenters. The Kier molecular flexibility index (Phi) is 11.9. The SMILES string of the molecule is C[C@H](NC[C@H](Cc1ccsc1)NC(=O)c1cc(C(=O)NCc2ccccc2)cc(N(C)S(C)(=O)=O)c1)C(=O)Nc1cccc(Cl)c1. The minimum atomic E-state index is -3.69. The fraction of sp³-hybridized carbons (Fsp3) is 0.242. The summed E-state index contributed by atoms with van der Waals surface area (Å²) in [6.07, 6.45) is 1.51. The lowest BCUT2D eigenvalue weighted by atomic mass is 10.0. The molecule has 0 radical (unpaired) electrons. The van der Waals surface area contributed by atoms with Crippen LogP contribution in [-0.4, -0.2) is 58.1 Å². The van der Waals surface area contributed by atoms with Gasteiger partial charge in [0.2, 0.25) is 15.9 Å². The Labute approximate surface area is 278 Å². The first-order valence-electron chi connectivity index (χ1n) is 14.4. The van der Waals surface area contributed by atoms with Crippen molar-refractivity contribution in [3.8, 4) is 0 Å². The Morgan fingerprint density at radius 1 is 0.913 bits per heavy atom. The second-order valence-corrected chi connectivity index (χ2v) is 14.0. The van der Waals surface area contributed by atoms with E-state index >= 15 is 0 Å². The van der Waals surface area contributed by atoms with Crippen LogP contribution in [0.3, 0.4) is 0 Å². The number of amides is 3. The third-order valence-corrected chi connectivity index (χ3v) is 9.33. The number of thiophene rings is 1. The van der Waals surface area contributed by atoms with Gasteiger partial charge in [0, 0.05) is 48.0 Å². The highest BCUT2D eigenvalue weighted by atomic mass is 35.5. The first-order chi connectivity index (χ1) is 21.9. The zero-order valence-corrected chi connectivity index (χ0v) is 28.0. The summed E-state index contributed by atoms with van der Waals surface area (Å²) < 4.78 is 25.8. The molecule has 0 unspecified atom stereocenters. The molecule has 4 rings (SSSR count). The van der Waals surface area contributed by atoms with Crippen LogP contribution in [0.4, 0.5) is 11.4 Å². The number of halogens is 1. The number of sulfonamides is 1. The summed E-state index contributed by atoms with van der Waals surface area (Å²) in [7, 11) is -2.33. The monoisotopic (exact) mass is 681 g/mol. The largest absolute Gasteiger partial charge is 0.348 e. The van der Waals surface area contributed by atoms with Crippen molar-refractivity contribution >= 4 is 62.1 Å². The number of rotatable bonds is 14. The molecule has 3 aromatic carbocycles. The van der Waals surface area contributed by atoms with Gasteiger partial charge in [0.1, 0.15) is 0 Å². The van der Waals surface area contributed by atoms with Gasteiger partial charge in [-0.3, -0.25) is 18.7 Å². The van der Waals surface area contributed by atoms with Crippen LogP contribution < -0.4 is 25.6 Å². The Bertz CT molecular complexity index is 1770. The van der Waals surface area contributed by atoms with Crippen LogP contribution in [0, 0.1) is 0 Å². The normalized spacial score (nSPS) is 12.5. The molecule has 1 heterocycles. The molecule has 0 aliphatic carbocycles. The minimum Gasteiger partial charge on any atom is -0.348 e. The first-order valence-corrected chi connectivity index (χ1v) is 17.6. The lowest BCUT2D eigenvalue weighted by Gasteiger charge is -2.23. The Morgan fingerprint density at radius 2 is 1.63 bits per heavy atom. The maximum absolute atomic E-state index is 13.7. The van der Waals surface area contributed by atoms with Gasteiger partial charge in [-0.15, -0.1) is 0 Å². The molecule has 0 bridgehead atoms. The number of nitrogens with zero attached hydrogens (tertiary/aromatic N) is 1. The van der Waals surface area contributed by atoms with Crippen molar-refractivity contribution in [3.05, 3.63) is 117 Å². The molecule has 0 fully saturated rings. The topological polar surface area (TPSA) is 137 Å². The summed E-state index contributed by atoms with van der Waals surface area (Å²) in [6.45, 7) is 2.22. The van der Waals surface area contributed by atoms with Gasteiger partial charge >= 0.3 is 0 Å². The molecule has 0 saturated heterocycles. The van der Waals surface area contributed by atoms with Crippen LogP contribution in [0.5, 0.6) is 0 Å². The maximum atomic E-state index is 13.7. The average molecular weight is 682 g/mol. The highest BCUT2D eigenvalue weighted by molar-refractivity contribution is 7.92. The van der Waals surface area contributed by atoms with Gasteiger partial charge in [0.05, 0.1) is 18.0 Å². The fourth-order valence-corrected chi connectivity index (χ4v) is 5.85. The second kappa shape index (κ2) is 15.9. The molecule has 10 nitrogen and oxygen atoms in total. The van der Waals surface area contributed by atoms with Gasteiger partial charge in [0.15, 0.2) is 0 Å². The summed E-state index contributed by atoms with van der Waals surface area (Å²) in [5, 5.41) is 16.3. The Morgan fingerprint density at radius 3 is 2.28 bits per heavy atom. The van der Waals surface area contributed by atoms with E-state index in [0.29, 0.717) is 17.1 Å². The van der Waals surface area contributed by atoms with Crippen LogP contribution in [0.1, 0.15) is 38.8 Å². The second-order valence-electron chi connectivity index (χ2n) is 10.8. The van der Waals surface area contributed by atoms with Gasteiger partial charge in [-0.2, -0.15) is 11.3 Å². The van der Waals surface area contributed by atoms with E-state index in [4.69, 9.17) is 11.6 Å². The lowest BCUT2D eigenvalue weighted by Crippen LogP contribution is -2.48. The van der Waals surface area contributed by atoms with Gasteiger partial charge in [-0.25, -0.2) is 8.42 Å². The predicted molar refractivity (Wildman–Crippen MR) is 184 cm³/mol. The van der Waals surface area contributed by atoms with Crippen molar-refractivity contribution in [1.82, 2.24) is 16.0 Å². The molecule has 4 N–H and O–H groups in total. The molecule has 0 aliphatic rings. The van der Waals surface area contributed by atoms with E-state index in [9.17, 15) is 22.8 Å². The smallest absolute Gasteiger partial charge is 0.251 e. The van der Waals surface area contributed by atoms with E-state index in [1.165, 1.54) is 36.6 Å². The maximum Gasteiger partial charge on any atom is 0.251 e. The molecule has 0 aliphatic heterocycles. The van der Waals surface area contributed by atoms with Crippen LogP contribution in [0.15, 0.2) is 89.6 Å². The summed E-state index contributed by atoms with van der Waals surface area (Å²) in [5.41, 5.74) is 2.86. The van der Waals surface area contributed by atoms with E-state index in [-0.39, 0.29) is 35.8 Å². The van der Waals surface area contributed by atoms with Gasteiger partial charge < -0.3 is 21.3 Å². The molecule has 46 heavy (non-hydrogen) atoms. The van der Waals surface area contributed by atoms with Crippen molar-refractivity contribution in [2.75, 3.05) is 29.5 Å². The third kappa shape index (κ3) is 10.1. The molecule has 4 aromatic rings. The predicted octanol–water partition coefficient (Wildman–Crippen LogP) is 4.69. The van der Waals surface area contributed by atoms with Crippen molar-refractivity contribution in [1.29, 1.82) is 0 Å². The van der Waals surface area contributed by atoms with Crippen molar-refractivity contribution in [2.24, 2.45) is 0 Å². The molecule has 242 valence electrons. The number of carbonyl (C=O) groups is 3. The van der Waals surface area contributed by atoms with E-state index in [2.05, 4.69) is 21.3 Å². The van der Waals surface area contributed by atoms with Crippen LogP contribution in [0.2, 0.25) is 5.02 Å². The summed E-state index contributed by atoms with van der Waals surface area (Å²) in [4.78, 5) is 39.7. The minimum absolute atomic E-state index is 0.111. The number of benzene rings is 3. The van der Waals surface area contributed by atoms with E-state index in [1.807, 2.05) is 47.2 Å². The van der Waals surface area contributed by atoms with Gasteiger partial charge in [-0.1, -0.05) is 48.0 Å².